The quantitative estimate of drug-likeness (QED) is 0.592. The Morgan fingerprint density at radius 2 is 1.79 bits per heavy atom. The molecule has 1 N–H and O–H groups in total. The zero-order valence-electron chi connectivity index (χ0n) is 18.0. The van der Waals surface area contributed by atoms with Crippen LogP contribution in [0.2, 0.25) is 0 Å². The van der Waals surface area contributed by atoms with Crippen molar-refractivity contribution in [2.75, 3.05) is 20.1 Å². The van der Waals surface area contributed by atoms with E-state index in [1.165, 1.54) is 80.3 Å². The third-order valence-corrected chi connectivity index (χ3v) is 7.75. The van der Waals surface area contributed by atoms with Gasteiger partial charge in [0.15, 0.2) is 0 Å². The molecule has 0 unspecified atom stereocenters. The topological polar surface area (TPSA) is 40.5 Å². The Balaban J connectivity index is 0.000000419. The molecule has 0 aromatic carbocycles. The normalized spacial score (nSPS) is 25.3. The fraction of sp³-hybridized carbons (Fsp3) is 0.640. The van der Waals surface area contributed by atoms with E-state index < -0.39 is 5.97 Å². The number of carbonyl (C=O) groups is 1. The zero-order chi connectivity index (χ0) is 20.8. The minimum atomic E-state index is -0.867. The van der Waals surface area contributed by atoms with Crippen molar-refractivity contribution in [3.8, 4) is 12.3 Å². The molecule has 4 heteroatoms. The summed E-state index contributed by atoms with van der Waals surface area (Å²) in [5.41, 5.74) is 4.21. The molecule has 3 nitrogen and oxygen atoms in total. The lowest BCUT2D eigenvalue weighted by Gasteiger charge is -2.35. The summed E-state index contributed by atoms with van der Waals surface area (Å²) < 4.78 is 0. The van der Waals surface area contributed by atoms with Crippen molar-refractivity contribution in [2.24, 2.45) is 11.8 Å². The van der Waals surface area contributed by atoms with Gasteiger partial charge in [-0.15, -0.1) is 17.8 Å². The average Bonchev–Trinajstić information content (AvgIpc) is 3.41. The second kappa shape index (κ2) is 10.5. The van der Waals surface area contributed by atoms with Gasteiger partial charge >= 0.3 is 5.97 Å². The van der Waals surface area contributed by atoms with Crippen LogP contribution in [-0.2, 0) is 0 Å². The number of carboxylic acid groups (broad SMARTS) is 1. The highest BCUT2D eigenvalue weighted by atomic mass is 32.1. The van der Waals surface area contributed by atoms with Crippen molar-refractivity contribution in [1.82, 2.24) is 4.90 Å². The van der Waals surface area contributed by atoms with Crippen LogP contribution in [0.1, 0.15) is 91.9 Å². The standard InChI is InChI=1S/C20H25NO2S.C5H10/c1-4-14-12-24-19(20(22)23)18(14)17-11-21(3)10-9-16(17)15-7-5-13(2)6-8-15;1-2-4-5-3-1/h1,12-13,15H,5-11H2,2-3H3,(H,22,23);1-5H2. The Morgan fingerprint density at radius 3 is 2.34 bits per heavy atom. The predicted molar refractivity (Wildman–Crippen MR) is 122 cm³/mol. The molecule has 0 spiro atoms. The molecule has 0 atom stereocenters. The Kier molecular flexibility index (Phi) is 7.98. The number of thiophene rings is 1. The van der Waals surface area contributed by atoms with Crippen LogP contribution < -0.4 is 0 Å². The number of likely N-dealkylation sites (N-methyl/N-ethyl adjacent to an activating group) is 1. The lowest BCUT2D eigenvalue weighted by Crippen LogP contribution is -2.30. The number of nitrogens with zero attached hydrogens (tertiary/aromatic N) is 1. The Morgan fingerprint density at radius 1 is 1.17 bits per heavy atom. The Hall–Kier alpha value is -1.57. The molecule has 2 saturated carbocycles. The minimum absolute atomic E-state index is 0.398. The summed E-state index contributed by atoms with van der Waals surface area (Å²) in [6.07, 6.45) is 19.2. The summed E-state index contributed by atoms with van der Waals surface area (Å²) in [6, 6.07) is 0. The smallest absolute Gasteiger partial charge is 0.346 e. The molecule has 4 rings (SSSR count). The molecule has 29 heavy (non-hydrogen) atoms. The SMILES string of the molecule is C#Cc1csc(C(=O)O)c1C1=C(C2CCC(C)CC2)CCN(C)C1.C1CCCC1. The van der Waals surface area contributed by atoms with Crippen molar-refractivity contribution >= 4 is 22.9 Å². The first-order chi connectivity index (χ1) is 14.0. The van der Waals surface area contributed by atoms with Gasteiger partial charge in [0.05, 0.1) is 0 Å². The highest BCUT2D eigenvalue weighted by molar-refractivity contribution is 7.12. The van der Waals surface area contributed by atoms with Crippen molar-refractivity contribution in [3.63, 3.8) is 0 Å². The summed E-state index contributed by atoms with van der Waals surface area (Å²) in [7, 11) is 2.10. The average molecular weight is 414 g/mol. The van der Waals surface area contributed by atoms with Crippen LogP contribution >= 0.6 is 11.3 Å². The molecule has 158 valence electrons. The van der Waals surface area contributed by atoms with Crippen LogP contribution in [0.4, 0.5) is 0 Å². The fourth-order valence-electron chi connectivity index (χ4n) is 5.02. The van der Waals surface area contributed by atoms with Crippen molar-refractivity contribution in [2.45, 2.75) is 71.1 Å². The van der Waals surface area contributed by atoms with E-state index >= 15 is 0 Å². The molecule has 0 amide bonds. The van der Waals surface area contributed by atoms with Gasteiger partial charge in [-0.25, -0.2) is 4.79 Å². The van der Waals surface area contributed by atoms with Gasteiger partial charge in [0, 0.05) is 29.6 Å². The molecule has 1 aromatic heterocycles. The van der Waals surface area contributed by atoms with E-state index in [9.17, 15) is 9.90 Å². The van der Waals surface area contributed by atoms with Gasteiger partial charge in [-0.3, -0.25) is 0 Å². The van der Waals surface area contributed by atoms with Gasteiger partial charge in [-0.1, -0.05) is 63.4 Å². The maximum Gasteiger partial charge on any atom is 0.346 e. The fourth-order valence-corrected chi connectivity index (χ4v) is 5.89. The number of hydrogen-bond acceptors (Lipinski definition) is 3. The Labute approximate surface area is 180 Å². The summed E-state index contributed by atoms with van der Waals surface area (Å²) in [5, 5.41) is 11.4. The van der Waals surface area contributed by atoms with Crippen LogP contribution in [0.3, 0.4) is 0 Å². The van der Waals surface area contributed by atoms with E-state index in [2.05, 4.69) is 24.8 Å². The monoisotopic (exact) mass is 413 g/mol. The second-order valence-electron chi connectivity index (χ2n) is 9.02. The summed E-state index contributed by atoms with van der Waals surface area (Å²) in [5.74, 6) is 3.25. The van der Waals surface area contributed by atoms with Crippen LogP contribution in [0.15, 0.2) is 11.0 Å². The highest BCUT2D eigenvalue weighted by Crippen LogP contribution is 2.42. The van der Waals surface area contributed by atoms with E-state index in [4.69, 9.17) is 6.42 Å². The summed E-state index contributed by atoms with van der Waals surface area (Å²) >= 11 is 1.26. The molecular weight excluding hydrogens is 378 g/mol. The number of hydrogen-bond donors (Lipinski definition) is 1. The maximum absolute atomic E-state index is 11.7. The van der Waals surface area contributed by atoms with Crippen LogP contribution in [0.5, 0.6) is 0 Å². The number of terminal acetylenes is 1. The first-order valence-corrected chi connectivity index (χ1v) is 12.1. The molecule has 0 saturated heterocycles. The van der Waals surface area contributed by atoms with Crippen molar-refractivity contribution in [3.05, 3.63) is 27.0 Å². The van der Waals surface area contributed by atoms with Gasteiger partial charge in [-0.05, 0) is 43.7 Å². The van der Waals surface area contributed by atoms with E-state index in [1.807, 2.05) is 5.38 Å². The van der Waals surface area contributed by atoms with Crippen LogP contribution in [0.25, 0.3) is 5.57 Å². The molecule has 1 aromatic rings. The van der Waals surface area contributed by atoms with Gasteiger partial charge in [0.2, 0.25) is 0 Å². The summed E-state index contributed by atoms with van der Waals surface area (Å²) in [4.78, 5) is 14.4. The minimum Gasteiger partial charge on any atom is -0.477 e. The van der Waals surface area contributed by atoms with Gasteiger partial charge in [0.1, 0.15) is 4.88 Å². The van der Waals surface area contributed by atoms with E-state index in [-0.39, 0.29) is 0 Å². The van der Waals surface area contributed by atoms with Gasteiger partial charge in [-0.2, -0.15) is 0 Å². The highest BCUT2D eigenvalue weighted by Gasteiger charge is 2.30. The largest absolute Gasteiger partial charge is 0.477 e. The van der Waals surface area contributed by atoms with Gasteiger partial charge < -0.3 is 10.0 Å². The first kappa shape index (κ1) is 22.1. The van der Waals surface area contributed by atoms with E-state index in [1.54, 1.807) is 0 Å². The molecule has 0 bridgehead atoms. The van der Waals surface area contributed by atoms with Crippen molar-refractivity contribution < 1.29 is 9.90 Å². The molecule has 2 heterocycles. The Bertz CT molecular complexity index is 766. The third kappa shape index (κ3) is 5.53. The zero-order valence-corrected chi connectivity index (χ0v) is 18.8. The molecule has 0 radical (unpaired) electrons. The first-order valence-electron chi connectivity index (χ1n) is 11.2. The maximum atomic E-state index is 11.7. The van der Waals surface area contributed by atoms with Crippen molar-refractivity contribution in [1.29, 1.82) is 0 Å². The molecule has 2 aliphatic carbocycles. The molecule has 1 aliphatic heterocycles. The third-order valence-electron chi connectivity index (χ3n) is 6.78. The van der Waals surface area contributed by atoms with Gasteiger partial charge in [0.25, 0.3) is 0 Å². The van der Waals surface area contributed by atoms with Crippen LogP contribution in [-0.4, -0.2) is 36.1 Å². The number of carboxylic acids is 1. The van der Waals surface area contributed by atoms with E-state index in [0.717, 1.165) is 36.6 Å². The lowest BCUT2D eigenvalue weighted by atomic mass is 9.75. The molecule has 3 aliphatic rings. The van der Waals surface area contributed by atoms with E-state index in [0.29, 0.717) is 10.8 Å². The molecule has 2 fully saturated rings. The number of rotatable bonds is 3. The predicted octanol–water partition coefficient (Wildman–Crippen LogP) is 6.29. The molecular formula is C25H35NO2S. The number of aromatic carboxylic acids is 1. The lowest BCUT2D eigenvalue weighted by molar-refractivity contribution is 0.0701. The summed E-state index contributed by atoms with van der Waals surface area (Å²) in [6.45, 7) is 4.17. The second-order valence-corrected chi connectivity index (χ2v) is 9.90. The van der Waals surface area contributed by atoms with Crippen LogP contribution in [0, 0.1) is 24.2 Å².